The summed E-state index contributed by atoms with van der Waals surface area (Å²) in [5, 5.41) is 21.5. The average molecular weight is 182 g/mol. The zero-order chi connectivity index (χ0) is 10.1. The fourth-order valence-electron chi connectivity index (χ4n) is 1.67. The van der Waals surface area contributed by atoms with Crippen molar-refractivity contribution in [1.82, 2.24) is 5.32 Å². The van der Waals surface area contributed by atoms with Crippen molar-refractivity contribution >= 4 is 0 Å². The van der Waals surface area contributed by atoms with Gasteiger partial charge in [-0.2, -0.15) is 5.26 Å². The Morgan fingerprint density at radius 3 is 2.62 bits per heavy atom. The van der Waals surface area contributed by atoms with Gasteiger partial charge in [-0.25, -0.2) is 0 Å². The minimum Gasteiger partial charge on any atom is -0.392 e. The lowest BCUT2D eigenvalue weighted by Crippen LogP contribution is -2.61. The van der Waals surface area contributed by atoms with Gasteiger partial charge in [0.1, 0.15) is 0 Å². The van der Waals surface area contributed by atoms with Crippen LogP contribution in [0.4, 0.5) is 0 Å². The van der Waals surface area contributed by atoms with Crippen molar-refractivity contribution in [2.75, 3.05) is 0 Å². The van der Waals surface area contributed by atoms with Gasteiger partial charge in [-0.15, -0.1) is 0 Å². The van der Waals surface area contributed by atoms with Crippen LogP contribution in [0.1, 0.15) is 33.6 Å². The van der Waals surface area contributed by atoms with Gasteiger partial charge < -0.3 is 5.11 Å². The summed E-state index contributed by atoms with van der Waals surface area (Å²) in [7, 11) is 0. The van der Waals surface area contributed by atoms with Crippen molar-refractivity contribution in [2.24, 2.45) is 5.41 Å². The molecule has 0 aromatic carbocycles. The highest BCUT2D eigenvalue weighted by molar-refractivity contribution is 5.05. The molecule has 1 aliphatic carbocycles. The average Bonchev–Trinajstić information content (AvgIpc) is 2.12. The molecular formula is C10H18N2O. The molecule has 0 aromatic heterocycles. The number of hydrogen-bond acceptors (Lipinski definition) is 3. The van der Waals surface area contributed by atoms with Crippen molar-refractivity contribution in [1.29, 1.82) is 5.26 Å². The van der Waals surface area contributed by atoms with E-state index in [1.54, 1.807) is 0 Å². The van der Waals surface area contributed by atoms with E-state index in [-0.39, 0.29) is 23.6 Å². The fourth-order valence-corrected chi connectivity index (χ4v) is 1.67. The van der Waals surface area contributed by atoms with Crippen molar-refractivity contribution in [3.8, 4) is 6.07 Å². The summed E-state index contributed by atoms with van der Waals surface area (Å²) in [6.45, 7) is 6.05. The van der Waals surface area contributed by atoms with Gasteiger partial charge in [0.2, 0.25) is 0 Å². The van der Waals surface area contributed by atoms with Crippen LogP contribution in [-0.2, 0) is 0 Å². The first-order valence-corrected chi connectivity index (χ1v) is 4.86. The van der Waals surface area contributed by atoms with E-state index < -0.39 is 0 Å². The van der Waals surface area contributed by atoms with Gasteiger partial charge in [-0.05, 0) is 12.8 Å². The van der Waals surface area contributed by atoms with Gasteiger partial charge in [-0.3, -0.25) is 5.32 Å². The Kier molecular flexibility index (Phi) is 2.94. The van der Waals surface area contributed by atoms with E-state index in [9.17, 15) is 5.11 Å². The zero-order valence-corrected chi connectivity index (χ0v) is 8.54. The van der Waals surface area contributed by atoms with Gasteiger partial charge in [0.25, 0.3) is 0 Å². The molecule has 0 aliphatic heterocycles. The molecule has 1 aliphatic rings. The van der Waals surface area contributed by atoms with Gasteiger partial charge in [0.15, 0.2) is 0 Å². The van der Waals surface area contributed by atoms with Crippen LogP contribution in [0.3, 0.4) is 0 Å². The Labute approximate surface area is 79.8 Å². The second kappa shape index (κ2) is 3.65. The molecule has 0 heterocycles. The number of nitrogens with zero attached hydrogens (tertiary/aromatic N) is 1. The van der Waals surface area contributed by atoms with Crippen LogP contribution in [0.25, 0.3) is 0 Å². The topological polar surface area (TPSA) is 56.0 Å². The zero-order valence-electron chi connectivity index (χ0n) is 8.54. The summed E-state index contributed by atoms with van der Waals surface area (Å²) in [6.07, 6.45) is 1.37. The third-order valence-corrected chi connectivity index (χ3v) is 3.18. The molecule has 3 atom stereocenters. The minimum absolute atomic E-state index is 0.0724. The summed E-state index contributed by atoms with van der Waals surface area (Å²) < 4.78 is 0. The molecule has 13 heavy (non-hydrogen) atoms. The summed E-state index contributed by atoms with van der Waals surface area (Å²) >= 11 is 0. The Morgan fingerprint density at radius 2 is 2.31 bits per heavy atom. The highest BCUT2D eigenvalue weighted by atomic mass is 16.3. The third-order valence-electron chi connectivity index (χ3n) is 3.18. The Bertz CT molecular complexity index is 219. The quantitative estimate of drug-likeness (QED) is 0.685. The smallest absolute Gasteiger partial charge is 0.0952 e. The van der Waals surface area contributed by atoms with Gasteiger partial charge in [-0.1, -0.05) is 20.8 Å². The largest absolute Gasteiger partial charge is 0.392 e. The summed E-state index contributed by atoms with van der Waals surface area (Å²) in [5.41, 5.74) is -0.0791. The van der Waals surface area contributed by atoms with Crippen LogP contribution in [0.2, 0.25) is 0 Å². The molecule has 2 N–H and O–H groups in total. The van der Waals surface area contributed by atoms with Crippen molar-refractivity contribution in [3.05, 3.63) is 0 Å². The molecule has 74 valence electrons. The van der Waals surface area contributed by atoms with Crippen molar-refractivity contribution in [2.45, 2.75) is 51.8 Å². The normalized spacial score (nSPS) is 33.2. The highest BCUT2D eigenvalue weighted by Crippen LogP contribution is 2.40. The maximum Gasteiger partial charge on any atom is 0.0952 e. The Hall–Kier alpha value is -0.590. The van der Waals surface area contributed by atoms with E-state index in [1.165, 1.54) is 0 Å². The first kappa shape index (κ1) is 10.5. The highest BCUT2D eigenvalue weighted by Gasteiger charge is 2.47. The van der Waals surface area contributed by atoms with E-state index in [4.69, 9.17) is 5.26 Å². The first-order chi connectivity index (χ1) is 6.02. The molecule has 3 unspecified atom stereocenters. The van der Waals surface area contributed by atoms with Crippen LogP contribution in [0.15, 0.2) is 0 Å². The standard InChI is InChI=1S/C10H18N2O/c1-4-7(6-11)12-8-5-9(13)10(8,2)3/h7-9,12-13H,4-5H2,1-3H3. The molecule has 0 amide bonds. The number of nitrogens with one attached hydrogen (secondary N) is 1. The molecule has 3 heteroatoms. The van der Waals surface area contributed by atoms with Crippen LogP contribution < -0.4 is 5.32 Å². The fraction of sp³-hybridized carbons (Fsp3) is 0.900. The SMILES string of the molecule is CCC(C#N)NC1CC(O)C1(C)C. The Balaban J connectivity index is 2.45. The second-order valence-electron chi connectivity index (χ2n) is 4.38. The Morgan fingerprint density at radius 1 is 1.69 bits per heavy atom. The summed E-state index contributed by atoms with van der Waals surface area (Å²) in [6, 6.07) is 2.42. The molecule has 0 bridgehead atoms. The van der Waals surface area contributed by atoms with E-state index in [0.29, 0.717) is 0 Å². The van der Waals surface area contributed by atoms with E-state index >= 15 is 0 Å². The minimum atomic E-state index is -0.221. The summed E-state index contributed by atoms with van der Waals surface area (Å²) in [4.78, 5) is 0. The molecular weight excluding hydrogens is 164 g/mol. The molecule has 0 radical (unpaired) electrons. The molecule has 0 aromatic rings. The predicted molar refractivity (Wildman–Crippen MR) is 51.0 cm³/mol. The lowest BCUT2D eigenvalue weighted by atomic mass is 9.64. The number of hydrogen-bond donors (Lipinski definition) is 2. The third kappa shape index (κ3) is 1.84. The predicted octanol–water partition coefficient (Wildman–Crippen LogP) is 1.04. The molecule has 1 rings (SSSR count). The lowest BCUT2D eigenvalue weighted by Gasteiger charge is -2.50. The number of aliphatic hydroxyl groups excluding tert-OH is 1. The van der Waals surface area contributed by atoms with Crippen LogP contribution in [0.5, 0.6) is 0 Å². The van der Waals surface area contributed by atoms with Crippen molar-refractivity contribution < 1.29 is 5.11 Å². The van der Waals surface area contributed by atoms with Gasteiger partial charge >= 0.3 is 0 Å². The molecule has 0 saturated heterocycles. The van der Waals surface area contributed by atoms with Crippen LogP contribution >= 0.6 is 0 Å². The molecule has 3 nitrogen and oxygen atoms in total. The maximum absolute atomic E-state index is 9.48. The molecule has 1 saturated carbocycles. The van der Waals surface area contributed by atoms with Gasteiger partial charge in [0, 0.05) is 11.5 Å². The molecule has 1 fully saturated rings. The van der Waals surface area contributed by atoms with E-state index in [2.05, 4.69) is 11.4 Å². The first-order valence-electron chi connectivity index (χ1n) is 4.86. The van der Waals surface area contributed by atoms with Gasteiger partial charge in [0.05, 0.1) is 18.2 Å². The number of nitriles is 1. The van der Waals surface area contributed by atoms with Crippen LogP contribution in [-0.4, -0.2) is 23.3 Å². The number of rotatable bonds is 3. The summed E-state index contributed by atoms with van der Waals surface area (Å²) in [5.74, 6) is 0. The lowest BCUT2D eigenvalue weighted by molar-refractivity contribution is -0.0742. The number of aliphatic hydroxyl groups is 1. The second-order valence-corrected chi connectivity index (χ2v) is 4.38. The maximum atomic E-state index is 9.48. The van der Waals surface area contributed by atoms with E-state index in [0.717, 1.165) is 12.8 Å². The molecule has 0 spiro atoms. The van der Waals surface area contributed by atoms with Crippen molar-refractivity contribution in [3.63, 3.8) is 0 Å². The van der Waals surface area contributed by atoms with E-state index in [1.807, 2.05) is 20.8 Å². The monoisotopic (exact) mass is 182 g/mol. The van der Waals surface area contributed by atoms with Crippen LogP contribution in [0, 0.1) is 16.7 Å².